The van der Waals surface area contributed by atoms with Gasteiger partial charge in [0.15, 0.2) is 0 Å². The van der Waals surface area contributed by atoms with Gasteiger partial charge in [-0.1, -0.05) is 13.8 Å². The van der Waals surface area contributed by atoms with Gasteiger partial charge in [0.25, 0.3) is 0 Å². The number of carbonyl (C=O) groups excluding carboxylic acids is 1. The van der Waals surface area contributed by atoms with Gasteiger partial charge < -0.3 is 10.5 Å². The minimum atomic E-state index is -3.34. The average Bonchev–Trinajstić information content (AvgIpc) is 2.28. The van der Waals surface area contributed by atoms with Crippen LogP contribution in [0.5, 0.6) is 0 Å². The van der Waals surface area contributed by atoms with E-state index >= 15 is 0 Å². The predicted molar refractivity (Wildman–Crippen MR) is 70.5 cm³/mol. The number of ether oxygens (including phenoxy) is 1. The summed E-state index contributed by atoms with van der Waals surface area (Å²) in [5, 5.41) is 0. The standard InChI is InChI=1S/C11H24N2O4S/c1-11(2,8-12)9-13(3)18(15,16)7-5-6-10(14)17-4/h5-9,12H2,1-4H3. The number of esters is 1. The second kappa shape index (κ2) is 7.06. The van der Waals surface area contributed by atoms with E-state index in [4.69, 9.17) is 5.73 Å². The van der Waals surface area contributed by atoms with E-state index in [9.17, 15) is 13.2 Å². The van der Waals surface area contributed by atoms with Crippen molar-refractivity contribution in [1.29, 1.82) is 0 Å². The summed E-state index contributed by atoms with van der Waals surface area (Å²) in [5.74, 6) is -0.450. The van der Waals surface area contributed by atoms with Gasteiger partial charge in [-0.2, -0.15) is 0 Å². The fourth-order valence-corrected chi connectivity index (χ4v) is 2.79. The summed E-state index contributed by atoms with van der Waals surface area (Å²) >= 11 is 0. The van der Waals surface area contributed by atoms with E-state index in [-0.39, 0.29) is 24.0 Å². The maximum Gasteiger partial charge on any atom is 0.305 e. The summed E-state index contributed by atoms with van der Waals surface area (Å²) in [5.41, 5.74) is 5.31. The highest BCUT2D eigenvalue weighted by molar-refractivity contribution is 7.89. The maximum atomic E-state index is 11.9. The molecule has 0 aromatic rings. The number of carbonyl (C=O) groups is 1. The first-order chi connectivity index (χ1) is 8.14. The van der Waals surface area contributed by atoms with E-state index in [1.165, 1.54) is 18.5 Å². The number of methoxy groups -OCH3 is 1. The van der Waals surface area contributed by atoms with Crippen LogP contribution in [-0.2, 0) is 19.6 Å². The SMILES string of the molecule is COC(=O)CCCS(=O)(=O)N(C)CC(C)(C)CN. The van der Waals surface area contributed by atoms with Crippen molar-refractivity contribution in [2.24, 2.45) is 11.1 Å². The summed E-state index contributed by atoms with van der Waals surface area (Å²) in [6.45, 7) is 4.60. The predicted octanol–water partition coefficient (Wildman–Crippen LogP) is 0.186. The molecule has 0 heterocycles. The fourth-order valence-electron chi connectivity index (χ4n) is 1.42. The quantitative estimate of drug-likeness (QED) is 0.641. The zero-order chi connectivity index (χ0) is 14.4. The Morgan fingerprint density at radius 3 is 2.39 bits per heavy atom. The molecule has 0 spiro atoms. The van der Waals surface area contributed by atoms with Gasteiger partial charge in [0, 0.05) is 20.0 Å². The lowest BCUT2D eigenvalue weighted by atomic mass is 9.94. The lowest BCUT2D eigenvalue weighted by molar-refractivity contribution is -0.140. The number of nitrogens with zero attached hydrogens (tertiary/aromatic N) is 1. The summed E-state index contributed by atoms with van der Waals surface area (Å²) in [7, 11) is -0.520. The molecule has 0 unspecified atom stereocenters. The second-order valence-electron chi connectivity index (χ2n) is 5.12. The van der Waals surface area contributed by atoms with Gasteiger partial charge in [-0.15, -0.1) is 0 Å². The molecule has 6 nitrogen and oxygen atoms in total. The Hall–Kier alpha value is -0.660. The molecule has 0 rings (SSSR count). The van der Waals surface area contributed by atoms with Crippen LogP contribution in [0.2, 0.25) is 0 Å². The van der Waals surface area contributed by atoms with Crippen molar-refractivity contribution >= 4 is 16.0 Å². The van der Waals surface area contributed by atoms with Crippen LogP contribution in [0.4, 0.5) is 0 Å². The Balaban J connectivity index is 4.33. The molecule has 0 aliphatic carbocycles. The van der Waals surface area contributed by atoms with E-state index in [1.807, 2.05) is 13.8 Å². The van der Waals surface area contributed by atoms with Crippen LogP contribution >= 0.6 is 0 Å². The molecule has 0 saturated carbocycles. The molecular weight excluding hydrogens is 256 g/mol. The third kappa shape index (κ3) is 6.32. The summed E-state index contributed by atoms with van der Waals surface area (Å²) in [6, 6.07) is 0. The minimum absolute atomic E-state index is 0.0563. The van der Waals surface area contributed by atoms with Crippen molar-refractivity contribution in [2.45, 2.75) is 26.7 Å². The van der Waals surface area contributed by atoms with E-state index in [0.717, 1.165) is 0 Å². The third-order valence-electron chi connectivity index (χ3n) is 2.69. The van der Waals surface area contributed by atoms with E-state index in [2.05, 4.69) is 4.74 Å². The molecule has 0 fully saturated rings. The lowest BCUT2D eigenvalue weighted by Crippen LogP contribution is -2.40. The minimum Gasteiger partial charge on any atom is -0.469 e. The lowest BCUT2D eigenvalue weighted by Gasteiger charge is -2.28. The van der Waals surface area contributed by atoms with Crippen LogP contribution in [0.3, 0.4) is 0 Å². The number of hydrogen-bond donors (Lipinski definition) is 1. The number of nitrogens with two attached hydrogens (primary N) is 1. The Morgan fingerprint density at radius 2 is 1.94 bits per heavy atom. The van der Waals surface area contributed by atoms with E-state index in [1.54, 1.807) is 0 Å². The Bertz CT molecular complexity index is 365. The number of hydrogen-bond acceptors (Lipinski definition) is 5. The van der Waals surface area contributed by atoms with Gasteiger partial charge in [0.1, 0.15) is 0 Å². The smallest absolute Gasteiger partial charge is 0.305 e. The molecule has 0 amide bonds. The first-order valence-electron chi connectivity index (χ1n) is 5.85. The molecular formula is C11H24N2O4S. The van der Waals surface area contributed by atoms with Crippen molar-refractivity contribution in [3.63, 3.8) is 0 Å². The summed E-state index contributed by atoms with van der Waals surface area (Å²) in [6.07, 6.45) is 0.381. The highest BCUT2D eigenvalue weighted by Crippen LogP contribution is 2.16. The van der Waals surface area contributed by atoms with Crippen LogP contribution in [-0.4, -0.2) is 51.7 Å². The molecule has 18 heavy (non-hydrogen) atoms. The Kier molecular flexibility index (Phi) is 6.80. The molecule has 0 aliphatic rings. The molecule has 0 aliphatic heterocycles. The van der Waals surface area contributed by atoms with Crippen LogP contribution in [0.15, 0.2) is 0 Å². The van der Waals surface area contributed by atoms with Crippen LogP contribution in [0.1, 0.15) is 26.7 Å². The van der Waals surface area contributed by atoms with E-state index < -0.39 is 16.0 Å². The summed E-state index contributed by atoms with van der Waals surface area (Å²) in [4.78, 5) is 10.9. The summed E-state index contributed by atoms with van der Waals surface area (Å²) < 4.78 is 29.6. The highest BCUT2D eigenvalue weighted by atomic mass is 32.2. The van der Waals surface area contributed by atoms with Crippen LogP contribution in [0.25, 0.3) is 0 Å². The van der Waals surface area contributed by atoms with Crippen molar-refractivity contribution in [3.8, 4) is 0 Å². The fraction of sp³-hybridized carbons (Fsp3) is 0.909. The first-order valence-corrected chi connectivity index (χ1v) is 7.46. The van der Waals surface area contributed by atoms with Crippen molar-refractivity contribution in [3.05, 3.63) is 0 Å². The molecule has 0 bridgehead atoms. The first kappa shape index (κ1) is 17.3. The monoisotopic (exact) mass is 280 g/mol. The third-order valence-corrected chi connectivity index (χ3v) is 4.57. The average molecular weight is 280 g/mol. The van der Waals surface area contributed by atoms with Gasteiger partial charge in [0.05, 0.1) is 12.9 Å². The van der Waals surface area contributed by atoms with Gasteiger partial charge in [0.2, 0.25) is 10.0 Å². The van der Waals surface area contributed by atoms with Crippen LogP contribution in [0, 0.1) is 5.41 Å². The Morgan fingerprint density at radius 1 is 1.39 bits per heavy atom. The van der Waals surface area contributed by atoms with Crippen molar-refractivity contribution in [1.82, 2.24) is 4.31 Å². The molecule has 0 aromatic carbocycles. The van der Waals surface area contributed by atoms with Crippen molar-refractivity contribution in [2.75, 3.05) is 33.0 Å². The van der Waals surface area contributed by atoms with Gasteiger partial charge in [-0.25, -0.2) is 12.7 Å². The number of rotatable bonds is 8. The van der Waals surface area contributed by atoms with Crippen LogP contribution < -0.4 is 5.73 Å². The highest BCUT2D eigenvalue weighted by Gasteiger charge is 2.25. The maximum absolute atomic E-state index is 11.9. The molecule has 0 saturated heterocycles. The van der Waals surface area contributed by atoms with Crippen molar-refractivity contribution < 1.29 is 17.9 Å². The molecule has 2 N–H and O–H groups in total. The topological polar surface area (TPSA) is 89.7 Å². The van der Waals surface area contributed by atoms with Gasteiger partial charge in [-0.3, -0.25) is 4.79 Å². The number of sulfonamides is 1. The Labute approximate surface area is 110 Å². The van der Waals surface area contributed by atoms with E-state index in [0.29, 0.717) is 13.1 Å². The van der Waals surface area contributed by atoms with Gasteiger partial charge in [-0.05, 0) is 18.4 Å². The zero-order valence-electron chi connectivity index (χ0n) is 11.6. The molecule has 0 aromatic heterocycles. The van der Waals surface area contributed by atoms with Gasteiger partial charge >= 0.3 is 5.97 Å². The second-order valence-corrected chi connectivity index (χ2v) is 7.32. The zero-order valence-corrected chi connectivity index (χ0v) is 12.4. The molecule has 0 atom stereocenters. The largest absolute Gasteiger partial charge is 0.469 e. The molecule has 108 valence electrons. The molecule has 0 radical (unpaired) electrons. The normalized spacial score (nSPS) is 12.8. The molecule has 7 heteroatoms.